The number of methoxy groups -OCH3 is 1. The van der Waals surface area contributed by atoms with Gasteiger partial charge in [0.05, 0.1) is 12.3 Å². The van der Waals surface area contributed by atoms with Gasteiger partial charge < -0.3 is 14.6 Å². The molecule has 0 saturated carbocycles. The summed E-state index contributed by atoms with van der Waals surface area (Å²) in [6, 6.07) is 0.292. The molecule has 0 saturated heterocycles. The van der Waals surface area contributed by atoms with Gasteiger partial charge in [-0.1, -0.05) is 0 Å². The van der Waals surface area contributed by atoms with Gasteiger partial charge in [0.15, 0.2) is 0 Å². The van der Waals surface area contributed by atoms with E-state index in [-0.39, 0.29) is 0 Å². The Labute approximate surface area is 111 Å². The van der Waals surface area contributed by atoms with E-state index in [4.69, 9.17) is 4.74 Å². The van der Waals surface area contributed by atoms with Gasteiger partial charge in [0.2, 0.25) is 5.95 Å². The number of rotatable bonds is 8. The second-order valence-corrected chi connectivity index (χ2v) is 6.00. The number of nitrogens with one attached hydrogen (secondary N) is 1. The minimum Gasteiger partial charge on any atom is -0.383 e. The standard InChI is InChI=1S/C12H23N3O2S/c1-10-9-15(11(2)5-8-18(4)16)12(14-10)13-6-7-17-3/h9,11H,5-8H2,1-4H3,(H,13,14). The molecule has 1 heterocycles. The second kappa shape index (κ2) is 7.53. The third kappa shape index (κ3) is 4.78. The maximum atomic E-state index is 11.1. The predicted molar refractivity (Wildman–Crippen MR) is 75.6 cm³/mol. The molecule has 0 radical (unpaired) electrons. The molecular weight excluding hydrogens is 250 g/mol. The number of hydrogen-bond donors (Lipinski definition) is 1. The van der Waals surface area contributed by atoms with Gasteiger partial charge in [0.25, 0.3) is 0 Å². The van der Waals surface area contributed by atoms with E-state index >= 15 is 0 Å². The highest BCUT2D eigenvalue weighted by molar-refractivity contribution is 7.84. The zero-order valence-electron chi connectivity index (χ0n) is 11.6. The lowest BCUT2D eigenvalue weighted by Crippen LogP contribution is -2.15. The SMILES string of the molecule is COCCNc1nc(C)cn1C(C)CCS(C)=O. The number of aryl methyl sites for hydroxylation is 1. The Morgan fingerprint density at radius 3 is 2.94 bits per heavy atom. The maximum Gasteiger partial charge on any atom is 0.203 e. The molecule has 1 aromatic rings. The molecule has 0 spiro atoms. The molecule has 0 aromatic carbocycles. The van der Waals surface area contributed by atoms with Gasteiger partial charge in [0.1, 0.15) is 0 Å². The Morgan fingerprint density at radius 2 is 2.33 bits per heavy atom. The summed E-state index contributed by atoms with van der Waals surface area (Å²) < 4.78 is 18.3. The first-order valence-corrected chi connectivity index (χ1v) is 7.85. The largest absolute Gasteiger partial charge is 0.383 e. The second-order valence-electron chi connectivity index (χ2n) is 4.45. The van der Waals surface area contributed by atoms with Gasteiger partial charge in [-0.05, 0) is 20.3 Å². The van der Waals surface area contributed by atoms with E-state index in [2.05, 4.69) is 21.8 Å². The minimum absolute atomic E-state index is 0.292. The summed E-state index contributed by atoms with van der Waals surface area (Å²) in [6.07, 6.45) is 4.65. The average molecular weight is 273 g/mol. The van der Waals surface area contributed by atoms with Crippen LogP contribution in [0.4, 0.5) is 5.95 Å². The van der Waals surface area contributed by atoms with Gasteiger partial charge in [-0.25, -0.2) is 4.98 Å². The molecule has 1 N–H and O–H groups in total. The smallest absolute Gasteiger partial charge is 0.203 e. The van der Waals surface area contributed by atoms with E-state index in [1.807, 2.05) is 13.1 Å². The first kappa shape index (κ1) is 15.2. The summed E-state index contributed by atoms with van der Waals surface area (Å²) in [7, 11) is 0.939. The fourth-order valence-corrected chi connectivity index (χ4v) is 2.40. The van der Waals surface area contributed by atoms with E-state index in [0.717, 1.165) is 30.4 Å². The molecule has 104 valence electrons. The van der Waals surface area contributed by atoms with Crippen LogP contribution >= 0.6 is 0 Å². The zero-order chi connectivity index (χ0) is 13.5. The molecule has 0 aliphatic carbocycles. The molecule has 1 rings (SSSR count). The summed E-state index contributed by atoms with van der Waals surface area (Å²) in [4.78, 5) is 4.45. The van der Waals surface area contributed by atoms with Crippen molar-refractivity contribution in [3.05, 3.63) is 11.9 Å². The van der Waals surface area contributed by atoms with Crippen LogP contribution in [0, 0.1) is 6.92 Å². The van der Waals surface area contributed by atoms with Crippen LogP contribution in [-0.2, 0) is 15.5 Å². The van der Waals surface area contributed by atoms with Crippen molar-refractivity contribution in [1.82, 2.24) is 9.55 Å². The van der Waals surface area contributed by atoms with E-state index in [1.165, 1.54) is 0 Å². The minimum atomic E-state index is -0.741. The number of imidazole rings is 1. The molecule has 0 aliphatic heterocycles. The summed E-state index contributed by atoms with van der Waals surface area (Å²) in [5.41, 5.74) is 0.986. The summed E-state index contributed by atoms with van der Waals surface area (Å²) >= 11 is 0. The summed E-state index contributed by atoms with van der Waals surface area (Å²) in [5, 5.41) is 3.25. The zero-order valence-corrected chi connectivity index (χ0v) is 12.4. The Bertz CT molecular complexity index is 393. The summed E-state index contributed by atoms with van der Waals surface area (Å²) in [6.45, 7) is 5.48. The van der Waals surface area contributed by atoms with Crippen molar-refractivity contribution in [1.29, 1.82) is 0 Å². The number of hydrogen-bond acceptors (Lipinski definition) is 4. The van der Waals surface area contributed by atoms with Crippen LogP contribution in [-0.4, -0.2) is 46.0 Å². The van der Waals surface area contributed by atoms with Crippen LogP contribution in [0.1, 0.15) is 25.1 Å². The molecule has 18 heavy (non-hydrogen) atoms. The number of ether oxygens (including phenoxy) is 1. The van der Waals surface area contributed by atoms with Crippen molar-refractivity contribution in [2.45, 2.75) is 26.3 Å². The number of anilines is 1. The fourth-order valence-electron chi connectivity index (χ4n) is 1.72. The van der Waals surface area contributed by atoms with E-state index in [9.17, 15) is 4.21 Å². The van der Waals surface area contributed by atoms with Crippen LogP contribution < -0.4 is 5.32 Å². The Hall–Kier alpha value is -0.880. The van der Waals surface area contributed by atoms with E-state index in [0.29, 0.717) is 12.6 Å². The van der Waals surface area contributed by atoms with Crippen molar-refractivity contribution in [3.8, 4) is 0 Å². The molecule has 0 bridgehead atoms. The summed E-state index contributed by atoms with van der Waals surface area (Å²) in [5.74, 6) is 1.58. The fraction of sp³-hybridized carbons (Fsp3) is 0.750. The Morgan fingerprint density at radius 1 is 1.61 bits per heavy atom. The third-order valence-electron chi connectivity index (χ3n) is 2.74. The molecule has 0 aliphatic rings. The van der Waals surface area contributed by atoms with Gasteiger partial charge in [-0.3, -0.25) is 4.21 Å². The Kier molecular flexibility index (Phi) is 6.35. The van der Waals surface area contributed by atoms with Gasteiger partial charge in [-0.2, -0.15) is 0 Å². The van der Waals surface area contributed by atoms with Gasteiger partial charge in [-0.15, -0.1) is 0 Å². The highest BCUT2D eigenvalue weighted by Gasteiger charge is 2.12. The van der Waals surface area contributed by atoms with Crippen molar-refractivity contribution >= 4 is 16.7 Å². The number of aromatic nitrogens is 2. The van der Waals surface area contributed by atoms with Crippen LogP contribution in [0.3, 0.4) is 0 Å². The lowest BCUT2D eigenvalue weighted by Gasteiger charge is -2.16. The normalized spacial score (nSPS) is 14.4. The highest BCUT2D eigenvalue weighted by Crippen LogP contribution is 2.18. The third-order valence-corrected chi connectivity index (χ3v) is 3.55. The van der Waals surface area contributed by atoms with Crippen LogP contribution in [0.25, 0.3) is 0 Å². The first-order valence-electron chi connectivity index (χ1n) is 6.13. The molecule has 5 nitrogen and oxygen atoms in total. The van der Waals surface area contributed by atoms with Crippen molar-refractivity contribution in [2.24, 2.45) is 0 Å². The lowest BCUT2D eigenvalue weighted by atomic mass is 10.2. The average Bonchev–Trinajstić information content (AvgIpc) is 2.68. The van der Waals surface area contributed by atoms with Crippen molar-refractivity contribution in [2.75, 3.05) is 37.6 Å². The predicted octanol–water partition coefficient (Wildman–Crippen LogP) is 1.58. The van der Waals surface area contributed by atoms with Gasteiger partial charge in [0, 0.05) is 48.7 Å². The molecule has 0 amide bonds. The lowest BCUT2D eigenvalue weighted by molar-refractivity contribution is 0.210. The van der Waals surface area contributed by atoms with Gasteiger partial charge >= 0.3 is 0 Å². The Balaban J connectivity index is 2.64. The molecule has 6 heteroatoms. The topological polar surface area (TPSA) is 56.1 Å². The number of nitrogens with zero attached hydrogens (tertiary/aromatic N) is 2. The first-order chi connectivity index (χ1) is 8.54. The molecule has 0 fully saturated rings. The molecule has 2 unspecified atom stereocenters. The quantitative estimate of drug-likeness (QED) is 0.731. The van der Waals surface area contributed by atoms with E-state index < -0.39 is 10.8 Å². The monoisotopic (exact) mass is 273 g/mol. The molecule has 2 atom stereocenters. The maximum absolute atomic E-state index is 11.1. The van der Waals surface area contributed by atoms with Crippen LogP contribution in [0.5, 0.6) is 0 Å². The highest BCUT2D eigenvalue weighted by atomic mass is 32.2. The molecular formula is C12H23N3O2S. The van der Waals surface area contributed by atoms with Crippen LogP contribution in [0.15, 0.2) is 6.20 Å². The van der Waals surface area contributed by atoms with Crippen molar-refractivity contribution < 1.29 is 8.95 Å². The molecule has 1 aromatic heterocycles. The van der Waals surface area contributed by atoms with Crippen molar-refractivity contribution in [3.63, 3.8) is 0 Å². The van der Waals surface area contributed by atoms with E-state index in [1.54, 1.807) is 13.4 Å². The van der Waals surface area contributed by atoms with Crippen LogP contribution in [0.2, 0.25) is 0 Å².